The van der Waals surface area contributed by atoms with Crippen LogP contribution in [0.4, 0.5) is 0 Å². The van der Waals surface area contributed by atoms with Crippen LogP contribution in [0.5, 0.6) is 0 Å². The Morgan fingerprint density at radius 3 is 2.58 bits per heavy atom. The van der Waals surface area contributed by atoms with Crippen LogP contribution in [0.2, 0.25) is 0 Å². The number of ether oxygens (including phenoxy) is 1. The second-order valence-electron chi connectivity index (χ2n) is 7.64. The lowest BCUT2D eigenvalue weighted by Gasteiger charge is -2.33. The van der Waals surface area contributed by atoms with Crippen LogP contribution in [-0.4, -0.2) is 50.9 Å². The standard InChI is InChI=1S/C20H24N4O2/c25-20(15-8-10-26-11-9-15)24-16-6-7-17(24)13-23-18(12-16)21-22-19(23)14-4-2-1-3-5-14/h1-5,15-17H,6-13H2/t16-,17+/m0/s1. The summed E-state index contributed by atoms with van der Waals surface area (Å²) in [5, 5.41) is 8.93. The monoisotopic (exact) mass is 352 g/mol. The maximum absolute atomic E-state index is 13.2. The first-order valence-electron chi connectivity index (χ1n) is 9.68. The number of aromatic nitrogens is 3. The van der Waals surface area contributed by atoms with Gasteiger partial charge in [-0.1, -0.05) is 30.3 Å². The van der Waals surface area contributed by atoms with Crippen LogP contribution in [0, 0.1) is 5.92 Å². The van der Waals surface area contributed by atoms with Crippen LogP contribution < -0.4 is 0 Å². The van der Waals surface area contributed by atoms with E-state index in [4.69, 9.17) is 4.74 Å². The van der Waals surface area contributed by atoms with E-state index in [0.29, 0.717) is 19.1 Å². The molecule has 3 aliphatic rings. The molecule has 0 spiro atoms. The van der Waals surface area contributed by atoms with Gasteiger partial charge in [-0.25, -0.2) is 0 Å². The smallest absolute Gasteiger partial charge is 0.226 e. The largest absolute Gasteiger partial charge is 0.381 e. The van der Waals surface area contributed by atoms with Crippen molar-refractivity contribution in [1.82, 2.24) is 19.7 Å². The van der Waals surface area contributed by atoms with E-state index < -0.39 is 0 Å². The number of hydrogen-bond donors (Lipinski definition) is 0. The minimum Gasteiger partial charge on any atom is -0.381 e. The summed E-state index contributed by atoms with van der Waals surface area (Å²) < 4.78 is 7.68. The summed E-state index contributed by atoms with van der Waals surface area (Å²) in [5.41, 5.74) is 1.09. The van der Waals surface area contributed by atoms with Crippen molar-refractivity contribution in [3.8, 4) is 11.4 Å². The van der Waals surface area contributed by atoms with Gasteiger partial charge in [0.15, 0.2) is 5.82 Å². The third-order valence-electron chi connectivity index (χ3n) is 6.12. The predicted octanol–water partition coefficient (Wildman–Crippen LogP) is 2.29. The van der Waals surface area contributed by atoms with Crippen LogP contribution in [0.1, 0.15) is 31.5 Å². The number of amides is 1. The van der Waals surface area contributed by atoms with Gasteiger partial charge in [-0.3, -0.25) is 4.79 Å². The molecule has 26 heavy (non-hydrogen) atoms. The Kier molecular flexibility index (Phi) is 4.00. The molecule has 2 atom stereocenters. The topological polar surface area (TPSA) is 60.2 Å². The van der Waals surface area contributed by atoms with Gasteiger partial charge in [-0.2, -0.15) is 0 Å². The number of carbonyl (C=O) groups is 1. The lowest BCUT2D eigenvalue weighted by Crippen LogP contribution is -2.46. The Hall–Kier alpha value is -2.21. The van der Waals surface area contributed by atoms with Crippen molar-refractivity contribution in [2.75, 3.05) is 13.2 Å². The molecule has 1 aromatic carbocycles. The molecule has 0 saturated carbocycles. The van der Waals surface area contributed by atoms with E-state index in [1.54, 1.807) is 0 Å². The van der Waals surface area contributed by atoms with Crippen molar-refractivity contribution in [2.24, 2.45) is 5.92 Å². The molecular weight excluding hydrogens is 328 g/mol. The van der Waals surface area contributed by atoms with Crippen molar-refractivity contribution in [2.45, 2.75) is 50.7 Å². The Morgan fingerprint density at radius 1 is 1.00 bits per heavy atom. The molecule has 2 bridgehead atoms. The zero-order valence-corrected chi connectivity index (χ0v) is 14.9. The zero-order chi connectivity index (χ0) is 17.5. The van der Waals surface area contributed by atoms with E-state index in [-0.39, 0.29) is 18.0 Å². The highest BCUT2D eigenvalue weighted by atomic mass is 16.5. The van der Waals surface area contributed by atoms with Gasteiger partial charge >= 0.3 is 0 Å². The predicted molar refractivity (Wildman–Crippen MR) is 96.4 cm³/mol. The molecule has 3 aliphatic heterocycles. The van der Waals surface area contributed by atoms with Gasteiger partial charge in [0.2, 0.25) is 5.91 Å². The third-order valence-corrected chi connectivity index (χ3v) is 6.12. The van der Waals surface area contributed by atoms with E-state index in [0.717, 1.165) is 55.9 Å². The fourth-order valence-corrected chi connectivity index (χ4v) is 4.76. The summed E-state index contributed by atoms with van der Waals surface area (Å²) in [6.07, 6.45) is 4.68. The molecule has 0 unspecified atom stereocenters. The van der Waals surface area contributed by atoms with E-state index >= 15 is 0 Å². The summed E-state index contributed by atoms with van der Waals surface area (Å²) in [5.74, 6) is 2.40. The molecule has 6 heteroatoms. The zero-order valence-electron chi connectivity index (χ0n) is 14.9. The van der Waals surface area contributed by atoms with Crippen LogP contribution in [0.15, 0.2) is 30.3 Å². The molecule has 6 nitrogen and oxygen atoms in total. The maximum atomic E-state index is 13.2. The molecule has 2 fully saturated rings. The Balaban J connectivity index is 1.44. The molecule has 136 valence electrons. The molecule has 0 N–H and O–H groups in total. The first-order chi connectivity index (χ1) is 12.8. The molecule has 0 aliphatic carbocycles. The van der Waals surface area contributed by atoms with Crippen molar-refractivity contribution in [3.63, 3.8) is 0 Å². The van der Waals surface area contributed by atoms with Crippen LogP contribution in [-0.2, 0) is 22.5 Å². The number of fused-ring (bicyclic) bond motifs is 3. The van der Waals surface area contributed by atoms with E-state index in [2.05, 4.69) is 31.8 Å². The van der Waals surface area contributed by atoms with Crippen LogP contribution >= 0.6 is 0 Å². The van der Waals surface area contributed by atoms with Gasteiger partial charge in [-0.15, -0.1) is 10.2 Å². The summed E-state index contributed by atoms with van der Waals surface area (Å²) in [7, 11) is 0. The number of hydrogen-bond acceptors (Lipinski definition) is 4. The van der Waals surface area contributed by atoms with Gasteiger partial charge < -0.3 is 14.2 Å². The lowest BCUT2D eigenvalue weighted by molar-refractivity contribution is -0.141. The first kappa shape index (κ1) is 16.0. The molecule has 2 saturated heterocycles. The van der Waals surface area contributed by atoms with Gasteiger partial charge in [0.1, 0.15) is 5.82 Å². The molecule has 2 aromatic rings. The van der Waals surface area contributed by atoms with Gasteiger partial charge in [0, 0.05) is 43.7 Å². The third kappa shape index (κ3) is 2.63. The molecule has 1 aromatic heterocycles. The second kappa shape index (κ2) is 6.50. The maximum Gasteiger partial charge on any atom is 0.226 e. The minimum absolute atomic E-state index is 0.129. The van der Waals surface area contributed by atoms with Crippen molar-refractivity contribution >= 4 is 5.91 Å². The van der Waals surface area contributed by atoms with Gasteiger partial charge in [-0.05, 0) is 25.7 Å². The van der Waals surface area contributed by atoms with Crippen LogP contribution in [0.25, 0.3) is 11.4 Å². The molecule has 1 amide bonds. The fourth-order valence-electron chi connectivity index (χ4n) is 4.76. The Bertz CT molecular complexity index is 797. The average Bonchev–Trinajstić information content (AvgIpc) is 3.22. The molecular formula is C20H24N4O2. The van der Waals surface area contributed by atoms with Crippen molar-refractivity contribution in [1.29, 1.82) is 0 Å². The van der Waals surface area contributed by atoms with Crippen molar-refractivity contribution in [3.05, 3.63) is 36.2 Å². The quantitative estimate of drug-likeness (QED) is 0.832. The van der Waals surface area contributed by atoms with Gasteiger partial charge in [0.25, 0.3) is 0 Å². The Labute approximate surface area is 153 Å². The SMILES string of the molecule is O=C(C1CCOCC1)N1[C@@H]2CC[C@H]1Cc1nnc(-c3ccccc3)n1C2. The second-order valence-corrected chi connectivity index (χ2v) is 7.64. The van der Waals surface area contributed by atoms with Gasteiger partial charge in [0.05, 0.1) is 6.04 Å². The number of carbonyl (C=O) groups excluding carboxylic acids is 1. The van der Waals surface area contributed by atoms with E-state index in [1.807, 2.05) is 18.2 Å². The van der Waals surface area contributed by atoms with E-state index in [9.17, 15) is 4.79 Å². The highest BCUT2D eigenvalue weighted by molar-refractivity contribution is 5.80. The summed E-state index contributed by atoms with van der Waals surface area (Å²) >= 11 is 0. The molecule has 0 radical (unpaired) electrons. The highest BCUT2D eigenvalue weighted by Crippen LogP contribution is 2.35. The first-order valence-corrected chi connectivity index (χ1v) is 9.68. The Morgan fingerprint density at radius 2 is 1.77 bits per heavy atom. The summed E-state index contributed by atoms with van der Waals surface area (Å²) in [6.45, 7) is 2.23. The molecule has 4 heterocycles. The normalized spacial score (nSPS) is 25.8. The molecule has 5 rings (SSSR count). The highest BCUT2D eigenvalue weighted by Gasteiger charge is 2.43. The average molecular weight is 352 g/mol. The fraction of sp³-hybridized carbons (Fsp3) is 0.550. The van der Waals surface area contributed by atoms with Crippen molar-refractivity contribution < 1.29 is 9.53 Å². The number of benzene rings is 1. The minimum atomic E-state index is 0.129. The number of nitrogens with zero attached hydrogens (tertiary/aromatic N) is 4. The summed E-state index contributed by atoms with van der Waals surface area (Å²) in [4.78, 5) is 15.4. The van der Waals surface area contributed by atoms with Crippen LogP contribution in [0.3, 0.4) is 0 Å². The lowest BCUT2D eigenvalue weighted by atomic mass is 9.97. The summed E-state index contributed by atoms with van der Waals surface area (Å²) in [6, 6.07) is 10.7. The van der Waals surface area contributed by atoms with E-state index in [1.165, 1.54) is 0 Å². The number of rotatable bonds is 2.